The molecular weight excluding hydrogens is 208 g/mol. The molecule has 0 saturated carbocycles. The Morgan fingerprint density at radius 1 is 1.50 bits per heavy atom. The highest BCUT2D eigenvalue weighted by Gasteiger charge is 2.17. The van der Waals surface area contributed by atoms with Crippen LogP contribution in [0, 0.1) is 5.41 Å². The van der Waals surface area contributed by atoms with Crippen molar-refractivity contribution >= 4 is 17.4 Å². The van der Waals surface area contributed by atoms with Gasteiger partial charge >= 0.3 is 5.97 Å². The molecule has 0 aliphatic carbocycles. The van der Waals surface area contributed by atoms with Crippen LogP contribution in [0.5, 0.6) is 5.75 Å². The maximum atomic E-state index is 11.4. The summed E-state index contributed by atoms with van der Waals surface area (Å²) in [4.78, 5) is 11.4. The molecule has 0 saturated heterocycles. The largest absolute Gasteiger partial charge is 0.495 e. The number of nitrogens with one attached hydrogen (secondary N) is 1. The average Bonchev–Trinajstić information content (AvgIpc) is 2.29. The summed E-state index contributed by atoms with van der Waals surface area (Å²) in [6, 6.07) is 4.91. The van der Waals surface area contributed by atoms with Gasteiger partial charge in [0, 0.05) is 5.56 Å². The molecule has 0 atom stereocenters. The molecule has 0 fully saturated rings. The third kappa shape index (κ3) is 2.31. The van der Waals surface area contributed by atoms with Crippen molar-refractivity contribution in [3.05, 3.63) is 23.8 Å². The number of methoxy groups -OCH3 is 1. The summed E-state index contributed by atoms with van der Waals surface area (Å²) < 4.78 is 9.73. The average molecular weight is 222 g/mol. The zero-order valence-electron chi connectivity index (χ0n) is 9.24. The van der Waals surface area contributed by atoms with Gasteiger partial charge in [-0.05, 0) is 13.0 Å². The van der Waals surface area contributed by atoms with Crippen molar-refractivity contribution in [1.82, 2.24) is 0 Å². The van der Waals surface area contributed by atoms with Gasteiger partial charge in [-0.2, -0.15) is 0 Å². The molecule has 5 heteroatoms. The lowest BCUT2D eigenvalue weighted by Crippen LogP contribution is -2.19. The minimum Gasteiger partial charge on any atom is -0.495 e. The molecule has 0 amide bonds. The number of rotatable bonds is 4. The highest BCUT2D eigenvalue weighted by atomic mass is 16.5. The van der Waals surface area contributed by atoms with E-state index in [1.54, 1.807) is 25.1 Å². The molecule has 0 aliphatic heterocycles. The molecule has 0 unspecified atom stereocenters. The Morgan fingerprint density at radius 2 is 2.19 bits per heavy atom. The minimum absolute atomic E-state index is 0.227. The topological polar surface area (TPSA) is 85.4 Å². The highest BCUT2D eigenvalue weighted by molar-refractivity contribution is 6.43. The molecule has 5 nitrogen and oxygen atoms in total. The van der Waals surface area contributed by atoms with Gasteiger partial charge in [0.1, 0.15) is 11.5 Å². The van der Waals surface area contributed by atoms with Crippen LogP contribution in [0.1, 0.15) is 12.5 Å². The van der Waals surface area contributed by atoms with Crippen LogP contribution < -0.4 is 10.5 Å². The molecule has 1 aromatic carbocycles. The summed E-state index contributed by atoms with van der Waals surface area (Å²) in [6.45, 7) is 1.91. The second-order valence-corrected chi connectivity index (χ2v) is 3.02. The monoisotopic (exact) mass is 222 g/mol. The first-order valence-electron chi connectivity index (χ1n) is 4.80. The van der Waals surface area contributed by atoms with E-state index in [1.165, 1.54) is 7.11 Å². The molecule has 0 bridgehead atoms. The summed E-state index contributed by atoms with van der Waals surface area (Å²) in [6.07, 6.45) is 0. The number of ether oxygens (including phenoxy) is 2. The van der Waals surface area contributed by atoms with E-state index in [2.05, 4.69) is 0 Å². The molecule has 1 rings (SSSR count). The SMILES string of the molecule is CCOC(=O)C(=N)c1cccc(OC)c1N. The van der Waals surface area contributed by atoms with Crippen LogP contribution in [-0.2, 0) is 9.53 Å². The lowest BCUT2D eigenvalue weighted by Gasteiger charge is -2.10. The van der Waals surface area contributed by atoms with E-state index in [1.807, 2.05) is 0 Å². The maximum Gasteiger partial charge on any atom is 0.356 e. The van der Waals surface area contributed by atoms with E-state index in [4.69, 9.17) is 20.6 Å². The minimum atomic E-state index is -0.692. The molecule has 16 heavy (non-hydrogen) atoms. The summed E-state index contributed by atoms with van der Waals surface area (Å²) >= 11 is 0. The van der Waals surface area contributed by atoms with Crippen LogP contribution in [0.4, 0.5) is 5.69 Å². The van der Waals surface area contributed by atoms with Crippen LogP contribution in [0.15, 0.2) is 18.2 Å². The first-order chi connectivity index (χ1) is 7.61. The molecule has 0 aromatic heterocycles. The van der Waals surface area contributed by atoms with E-state index in [-0.39, 0.29) is 18.0 Å². The van der Waals surface area contributed by atoms with Crippen molar-refractivity contribution in [2.45, 2.75) is 6.92 Å². The third-order valence-corrected chi connectivity index (χ3v) is 2.03. The molecule has 0 heterocycles. The third-order valence-electron chi connectivity index (χ3n) is 2.03. The van der Waals surface area contributed by atoms with Crippen LogP contribution >= 0.6 is 0 Å². The number of esters is 1. The predicted molar refractivity (Wildman–Crippen MR) is 60.9 cm³/mol. The number of hydrogen-bond acceptors (Lipinski definition) is 5. The molecule has 86 valence electrons. The normalized spacial score (nSPS) is 9.62. The molecule has 0 aliphatic rings. The van der Waals surface area contributed by atoms with Gasteiger partial charge in [-0.15, -0.1) is 0 Å². The Hall–Kier alpha value is -2.04. The van der Waals surface area contributed by atoms with Gasteiger partial charge < -0.3 is 15.2 Å². The summed E-state index contributed by atoms with van der Waals surface area (Å²) in [5.74, 6) is -0.256. The van der Waals surface area contributed by atoms with Crippen LogP contribution in [0.3, 0.4) is 0 Å². The van der Waals surface area contributed by atoms with Crippen molar-refractivity contribution in [1.29, 1.82) is 5.41 Å². The van der Waals surface area contributed by atoms with Gasteiger partial charge in [0.25, 0.3) is 0 Å². The highest BCUT2D eigenvalue weighted by Crippen LogP contribution is 2.25. The Bertz CT molecular complexity index is 416. The Balaban J connectivity index is 3.04. The standard InChI is InChI=1S/C11H14N2O3/c1-3-16-11(14)10(13)7-5-4-6-8(15-2)9(7)12/h4-6,13H,3,12H2,1-2H3. The van der Waals surface area contributed by atoms with Gasteiger partial charge in [-0.3, -0.25) is 5.41 Å². The van der Waals surface area contributed by atoms with Crippen molar-refractivity contribution in [3.63, 3.8) is 0 Å². The Labute approximate surface area is 93.7 Å². The van der Waals surface area contributed by atoms with Crippen molar-refractivity contribution in [2.75, 3.05) is 19.5 Å². The van der Waals surface area contributed by atoms with Crippen LogP contribution in [0.25, 0.3) is 0 Å². The smallest absolute Gasteiger partial charge is 0.356 e. The summed E-state index contributed by atoms with van der Waals surface area (Å²) in [7, 11) is 1.48. The summed E-state index contributed by atoms with van der Waals surface area (Å²) in [5.41, 5.74) is 6.07. The fourth-order valence-corrected chi connectivity index (χ4v) is 1.25. The molecule has 3 N–H and O–H groups in total. The molecule has 0 radical (unpaired) electrons. The van der Waals surface area contributed by atoms with Crippen LogP contribution in [0.2, 0.25) is 0 Å². The first kappa shape index (κ1) is 12.0. The number of para-hydroxylation sites is 1. The number of carbonyl (C=O) groups excluding carboxylic acids is 1. The molecular formula is C11H14N2O3. The van der Waals surface area contributed by atoms with E-state index < -0.39 is 5.97 Å². The lowest BCUT2D eigenvalue weighted by atomic mass is 10.1. The zero-order chi connectivity index (χ0) is 12.1. The lowest BCUT2D eigenvalue weighted by molar-refractivity contribution is -0.135. The number of nitrogens with two attached hydrogens (primary N) is 1. The first-order valence-corrected chi connectivity index (χ1v) is 4.80. The van der Waals surface area contributed by atoms with Gasteiger partial charge in [0.15, 0.2) is 0 Å². The fourth-order valence-electron chi connectivity index (χ4n) is 1.25. The predicted octanol–water partition coefficient (Wildman–Crippen LogP) is 1.21. The second kappa shape index (κ2) is 5.16. The Kier molecular flexibility index (Phi) is 3.88. The summed E-state index contributed by atoms with van der Waals surface area (Å²) in [5, 5.41) is 7.64. The van der Waals surface area contributed by atoms with Gasteiger partial charge in [0.05, 0.1) is 19.4 Å². The van der Waals surface area contributed by atoms with E-state index in [9.17, 15) is 4.79 Å². The molecule has 0 spiro atoms. The van der Waals surface area contributed by atoms with Crippen molar-refractivity contribution in [3.8, 4) is 5.75 Å². The fraction of sp³-hybridized carbons (Fsp3) is 0.273. The van der Waals surface area contributed by atoms with Gasteiger partial charge in [-0.1, -0.05) is 12.1 Å². The van der Waals surface area contributed by atoms with E-state index in [0.29, 0.717) is 11.3 Å². The van der Waals surface area contributed by atoms with Crippen LogP contribution in [-0.4, -0.2) is 25.4 Å². The zero-order valence-corrected chi connectivity index (χ0v) is 9.24. The van der Waals surface area contributed by atoms with E-state index >= 15 is 0 Å². The van der Waals surface area contributed by atoms with Gasteiger partial charge in [-0.25, -0.2) is 4.79 Å². The number of anilines is 1. The number of hydrogen-bond donors (Lipinski definition) is 2. The van der Waals surface area contributed by atoms with Gasteiger partial charge in [0.2, 0.25) is 0 Å². The number of benzene rings is 1. The van der Waals surface area contributed by atoms with Crippen molar-refractivity contribution < 1.29 is 14.3 Å². The Morgan fingerprint density at radius 3 is 2.75 bits per heavy atom. The van der Waals surface area contributed by atoms with Crippen molar-refractivity contribution in [2.24, 2.45) is 0 Å². The quantitative estimate of drug-likeness (QED) is 0.455. The number of nitrogen functional groups attached to an aromatic ring is 1. The number of carbonyl (C=O) groups is 1. The molecule has 1 aromatic rings. The second-order valence-electron chi connectivity index (χ2n) is 3.02. The maximum absolute atomic E-state index is 11.4. The van der Waals surface area contributed by atoms with E-state index in [0.717, 1.165) is 0 Å².